The number of pyridine rings is 1. The van der Waals surface area contributed by atoms with E-state index in [1.807, 2.05) is 6.07 Å². The summed E-state index contributed by atoms with van der Waals surface area (Å²) in [6.45, 7) is 1.82. The smallest absolute Gasteiger partial charge is 0.142 e. The summed E-state index contributed by atoms with van der Waals surface area (Å²) < 4.78 is 11.6. The highest BCUT2D eigenvalue weighted by Crippen LogP contribution is 2.28. The summed E-state index contributed by atoms with van der Waals surface area (Å²) >= 11 is 5.27. The van der Waals surface area contributed by atoms with E-state index in [9.17, 15) is 4.55 Å². The van der Waals surface area contributed by atoms with Crippen molar-refractivity contribution in [2.45, 2.75) is 11.7 Å². The van der Waals surface area contributed by atoms with Crippen LogP contribution < -0.4 is 10.6 Å². The van der Waals surface area contributed by atoms with Gasteiger partial charge in [0, 0.05) is 30.4 Å². The quantitative estimate of drug-likeness (QED) is 0.876. The Balaban J connectivity index is 1.77. The van der Waals surface area contributed by atoms with Gasteiger partial charge < -0.3 is 15.2 Å². The van der Waals surface area contributed by atoms with Crippen molar-refractivity contribution in [3.05, 3.63) is 41.6 Å². The molecular formula is C16H18ClN3OS. The van der Waals surface area contributed by atoms with Crippen molar-refractivity contribution in [2.24, 2.45) is 0 Å². The Kier molecular flexibility index (Phi) is 4.47. The molecule has 2 aromatic rings. The second kappa shape index (κ2) is 6.36. The minimum atomic E-state index is -0.751. The van der Waals surface area contributed by atoms with Crippen molar-refractivity contribution in [3.8, 4) is 11.1 Å². The maximum atomic E-state index is 11.6. The fourth-order valence-electron chi connectivity index (χ4n) is 2.70. The van der Waals surface area contributed by atoms with Crippen LogP contribution in [0.25, 0.3) is 11.1 Å². The highest BCUT2D eigenvalue weighted by molar-refractivity contribution is 7.91. The number of nitrogens with zero attached hydrogens (tertiary/aromatic N) is 2. The van der Waals surface area contributed by atoms with Gasteiger partial charge in [0.25, 0.3) is 0 Å². The van der Waals surface area contributed by atoms with Crippen LogP contribution in [-0.4, -0.2) is 34.1 Å². The largest absolute Gasteiger partial charge is 0.616 e. The highest BCUT2D eigenvalue weighted by Gasteiger charge is 2.29. The second-order valence-electron chi connectivity index (χ2n) is 5.49. The van der Waals surface area contributed by atoms with Crippen LogP contribution in [0.2, 0.25) is 5.02 Å². The third-order valence-corrected chi connectivity index (χ3v) is 5.68. The topological polar surface area (TPSA) is 65.2 Å². The van der Waals surface area contributed by atoms with E-state index in [0.29, 0.717) is 10.8 Å². The molecule has 2 heterocycles. The van der Waals surface area contributed by atoms with E-state index < -0.39 is 11.2 Å². The molecule has 1 unspecified atom stereocenters. The average Bonchev–Trinajstić information content (AvgIpc) is 3.00. The van der Waals surface area contributed by atoms with Crippen molar-refractivity contribution < 1.29 is 4.55 Å². The molecule has 0 saturated carbocycles. The number of hydrogen-bond acceptors (Lipinski definition) is 4. The fourth-order valence-corrected chi connectivity index (χ4v) is 3.70. The summed E-state index contributed by atoms with van der Waals surface area (Å²) in [5, 5.41) is 0.745. The molecule has 22 heavy (non-hydrogen) atoms. The van der Waals surface area contributed by atoms with E-state index in [4.69, 9.17) is 17.3 Å². The number of benzene rings is 1. The first kappa shape index (κ1) is 15.5. The summed E-state index contributed by atoms with van der Waals surface area (Å²) in [5.74, 6) is 0.345. The summed E-state index contributed by atoms with van der Waals surface area (Å²) in [5.41, 5.74) is 8.79. The van der Waals surface area contributed by atoms with E-state index >= 15 is 0 Å². The van der Waals surface area contributed by atoms with Crippen LogP contribution in [0, 0.1) is 0 Å². The Hall–Kier alpha value is -1.43. The molecule has 1 aromatic carbocycles. The SMILES string of the molecule is C[S+]([O-])[C@H]1CCN(c2ccc(-c3cnc(N)c(Cl)c3)cc2)C1. The van der Waals surface area contributed by atoms with Crippen molar-refractivity contribution >= 4 is 34.3 Å². The van der Waals surface area contributed by atoms with Crippen LogP contribution in [0.3, 0.4) is 0 Å². The highest BCUT2D eigenvalue weighted by atomic mass is 35.5. The molecule has 1 aliphatic rings. The number of halogens is 1. The van der Waals surface area contributed by atoms with Gasteiger partial charge in [-0.05, 0) is 23.8 Å². The van der Waals surface area contributed by atoms with Gasteiger partial charge >= 0.3 is 0 Å². The molecule has 0 amide bonds. The summed E-state index contributed by atoms with van der Waals surface area (Å²) in [7, 11) is 0. The molecule has 1 aromatic heterocycles. The van der Waals surface area contributed by atoms with Crippen LogP contribution in [-0.2, 0) is 11.2 Å². The van der Waals surface area contributed by atoms with E-state index in [1.165, 1.54) is 0 Å². The van der Waals surface area contributed by atoms with Gasteiger partial charge in [0.2, 0.25) is 0 Å². The number of hydrogen-bond donors (Lipinski definition) is 1. The molecule has 0 spiro atoms. The van der Waals surface area contributed by atoms with Crippen LogP contribution in [0.4, 0.5) is 11.5 Å². The maximum absolute atomic E-state index is 11.6. The number of rotatable bonds is 3. The zero-order valence-corrected chi connectivity index (χ0v) is 13.9. The molecule has 116 valence electrons. The number of nitrogen functional groups attached to an aromatic ring is 1. The molecule has 1 aliphatic heterocycles. The Bertz CT molecular complexity index is 663. The molecule has 2 N–H and O–H groups in total. The predicted octanol–water partition coefficient (Wildman–Crippen LogP) is 2.94. The lowest BCUT2D eigenvalue weighted by molar-refractivity contribution is 0.588. The van der Waals surface area contributed by atoms with Crippen LogP contribution in [0.15, 0.2) is 36.5 Å². The van der Waals surface area contributed by atoms with Gasteiger partial charge in [-0.25, -0.2) is 4.98 Å². The lowest BCUT2D eigenvalue weighted by Crippen LogP contribution is -2.25. The monoisotopic (exact) mass is 335 g/mol. The average molecular weight is 336 g/mol. The van der Waals surface area contributed by atoms with Gasteiger partial charge in [0.05, 0.1) is 17.8 Å². The Morgan fingerprint density at radius 3 is 2.64 bits per heavy atom. The Morgan fingerprint density at radius 1 is 1.32 bits per heavy atom. The summed E-state index contributed by atoms with van der Waals surface area (Å²) in [4.78, 5) is 6.37. The summed E-state index contributed by atoms with van der Waals surface area (Å²) in [6.07, 6.45) is 4.50. The third kappa shape index (κ3) is 3.16. The van der Waals surface area contributed by atoms with E-state index in [2.05, 4.69) is 34.1 Å². The number of anilines is 2. The molecule has 0 aliphatic carbocycles. The molecule has 6 heteroatoms. The first-order chi connectivity index (χ1) is 10.5. The van der Waals surface area contributed by atoms with Crippen molar-refractivity contribution in [1.29, 1.82) is 0 Å². The molecule has 1 saturated heterocycles. The first-order valence-electron chi connectivity index (χ1n) is 7.13. The molecule has 4 nitrogen and oxygen atoms in total. The fraction of sp³-hybridized carbons (Fsp3) is 0.312. The van der Waals surface area contributed by atoms with Gasteiger partial charge in [0.1, 0.15) is 11.1 Å². The predicted molar refractivity (Wildman–Crippen MR) is 93.8 cm³/mol. The molecule has 0 bridgehead atoms. The Labute approximate surface area is 138 Å². The van der Waals surface area contributed by atoms with Gasteiger partial charge in [-0.15, -0.1) is 0 Å². The molecule has 2 atom stereocenters. The first-order valence-corrected chi connectivity index (χ1v) is 9.13. The normalized spacial score (nSPS) is 19.4. The van der Waals surface area contributed by atoms with Crippen LogP contribution >= 0.6 is 11.6 Å². The lowest BCUT2D eigenvalue weighted by atomic mass is 10.1. The van der Waals surface area contributed by atoms with Crippen LogP contribution in [0.5, 0.6) is 0 Å². The minimum absolute atomic E-state index is 0.278. The molecule has 3 rings (SSSR count). The zero-order valence-electron chi connectivity index (χ0n) is 12.3. The van der Waals surface area contributed by atoms with Crippen molar-refractivity contribution in [1.82, 2.24) is 4.98 Å². The molecule has 1 fully saturated rings. The zero-order chi connectivity index (χ0) is 15.7. The van der Waals surface area contributed by atoms with E-state index in [-0.39, 0.29) is 5.25 Å². The Morgan fingerprint density at radius 2 is 2.05 bits per heavy atom. The van der Waals surface area contributed by atoms with Crippen molar-refractivity contribution in [2.75, 3.05) is 30.0 Å². The number of nitrogens with two attached hydrogens (primary N) is 1. The standard InChI is InChI=1S/C16H18ClN3OS/c1-22(21)14-6-7-20(10-14)13-4-2-11(3-5-13)12-8-15(17)16(18)19-9-12/h2-5,8-9,14H,6-7,10H2,1H3,(H2,18,19)/t14-,22?/m0/s1. The third-order valence-electron chi connectivity index (χ3n) is 4.05. The van der Waals surface area contributed by atoms with Crippen molar-refractivity contribution in [3.63, 3.8) is 0 Å². The van der Waals surface area contributed by atoms with Gasteiger partial charge in [0.15, 0.2) is 0 Å². The molecule has 0 radical (unpaired) electrons. The maximum Gasteiger partial charge on any atom is 0.142 e. The lowest BCUT2D eigenvalue weighted by Gasteiger charge is -2.19. The summed E-state index contributed by atoms with van der Waals surface area (Å²) in [6, 6.07) is 10.1. The van der Waals surface area contributed by atoms with Gasteiger partial charge in [-0.3, -0.25) is 0 Å². The second-order valence-corrected chi connectivity index (χ2v) is 7.56. The van der Waals surface area contributed by atoms with Gasteiger partial charge in [-0.2, -0.15) is 0 Å². The van der Waals surface area contributed by atoms with Crippen LogP contribution in [0.1, 0.15) is 6.42 Å². The minimum Gasteiger partial charge on any atom is -0.616 e. The number of aromatic nitrogens is 1. The van der Waals surface area contributed by atoms with E-state index in [1.54, 1.807) is 12.5 Å². The van der Waals surface area contributed by atoms with E-state index in [0.717, 1.165) is 36.3 Å². The van der Waals surface area contributed by atoms with Gasteiger partial charge in [-0.1, -0.05) is 34.9 Å². The molecular weight excluding hydrogens is 318 g/mol.